The van der Waals surface area contributed by atoms with Crippen LogP contribution in [-0.2, 0) is 29.1 Å². The van der Waals surface area contributed by atoms with Gasteiger partial charge in [-0.25, -0.2) is 8.42 Å². The average Bonchev–Trinajstić information content (AvgIpc) is 2.96. The Labute approximate surface area is 145 Å². The van der Waals surface area contributed by atoms with Gasteiger partial charge in [-0.05, 0) is 12.1 Å². The van der Waals surface area contributed by atoms with Crippen LogP contribution in [0.2, 0.25) is 0 Å². The Balaban J connectivity index is 2.05. The molecule has 2 aromatic rings. The smallest absolute Gasteiger partial charge is 0.357 e. The van der Waals surface area contributed by atoms with E-state index in [1.165, 1.54) is 17.0 Å². The summed E-state index contributed by atoms with van der Waals surface area (Å²) in [6.45, 7) is -0.309. The number of nitrogens with zero attached hydrogens (tertiary/aromatic N) is 5. The number of halogens is 3. The van der Waals surface area contributed by atoms with Crippen LogP contribution in [0.4, 0.5) is 24.5 Å². The predicted molar refractivity (Wildman–Crippen MR) is 82.3 cm³/mol. The molecule has 26 heavy (non-hydrogen) atoms. The van der Waals surface area contributed by atoms with Crippen molar-refractivity contribution >= 4 is 21.2 Å². The highest BCUT2D eigenvalue weighted by molar-refractivity contribution is 7.90. The SMILES string of the molecule is CS(=O)(=O)c1cccc(N2CCn3c(nnc3C(F)(F)F)C2)c1[N+](=O)[O-]. The van der Waals surface area contributed by atoms with Crippen molar-refractivity contribution < 1.29 is 26.5 Å². The fourth-order valence-corrected chi connectivity index (χ4v) is 3.68. The third kappa shape index (κ3) is 3.09. The number of para-hydroxylation sites is 1. The molecular formula is C13H12F3N5O4S. The van der Waals surface area contributed by atoms with E-state index in [1.54, 1.807) is 0 Å². The molecular weight excluding hydrogens is 379 g/mol. The van der Waals surface area contributed by atoms with Gasteiger partial charge in [0, 0.05) is 19.3 Å². The molecule has 1 aromatic heterocycles. The number of hydrogen-bond acceptors (Lipinski definition) is 7. The summed E-state index contributed by atoms with van der Waals surface area (Å²) in [6.07, 6.45) is -3.81. The van der Waals surface area contributed by atoms with Crippen molar-refractivity contribution in [2.24, 2.45) is 0 Å². The van der Waals surface area contributed by atoms with E-state index in [1.807, 2.05) is 0 Å². The molecule has 13 heteroatoms. The second-order valence-electron chi connectivity index (χ2n) is 5.66. The van der Waals surface area contributed by atoms with Gasteiger partial charge in [-0.3, -0.25) is 10.1 Å². The van der Waals surface area contributed by atoms with Gasteiger partial charge in [-0.2, -0.15) is 13.2 Å². The zero-order valence-electron chi connectivity index (χ0n) is 13.3. The maximum absolute atomic E-state index is 12.9. The zero-order valence-corrected chi connectivity index (χ0v) is 14.1. The van der Waals surface area contributed by atoms with E-state index in [9.17, 15) is 31.7 Å². The van der Waals surface area contributed by atoms with Gasteiger partial charge in [0.25, 0.3) is 0 Å². The van der Waals surface area contributed by atoms with E-state index in [-0.39, 0.29) is 31.1 Å². The molecule has 0 saturated heterocycles. The van der Waals surface area contributed by atoms with Crippen LogP contribution in [0.1, 0.15) is 11.6 Å². The van der Waals surface area contributed by atoms with Crippen molar-refractivity contribution in [1.29, 1.82) is 0 Å². The molecule has 1 aliphatic rings. The number of nitro groups is 1. The predicted octanol–water partition coefficient (Wildman–Crippen LogP) is 1.63. The minimum Gasteiger partial charge on any atom is -0.357 e. The van der Waals surface area contributed by atoms with Crippen molar-refractivity contribution in [3.8, 4) is 0 Å². The maximum atomic E-state index is 12.9. The number of benzene rings is 1. The zero-order chi connectivity index (χ0) is 19.3. The normalized spacial score (nSPS) is 15.0. The molecule has 0 fully saturated rings. The summed E-state index contributed by atoms with van der Waals surface area (Å²) in [5.74, 6) is -1.14. The second-order valence-corrected chi connectivity index (χ2v) is 7.65. The molecule has 0 amide bonds. The molecule has 0 atom stereocenters. The molecule has 0 bridgehead atoms. The fraction of sp³-hybridized carbons (Fsp3) is 0.385. The van der Waals surface area contributed by atoms with Crippen molar-refractivity contribution in [3.63, 3.8) is 0 Å². The van der Waals surface area contributed by atoms with Crippen LogP contribution in [0.25, 0.3) is 0 Å². The minimum atomic E-state index is -4.66. The lowest BCUT2D eigenvalue weighted by Gasteiger charge is -2.29. The standard InChI is InChI=1S/C13H12F3N5O4S/c1-26(24,25)9-4-2-3-8(11(9)21(22)23)19-5-6-20-10(7-19)17-18-12(20)13(14,15)16/h2-4H,5-7H2,1H3. The topological polar surface area (TPSA) is 111 Å². The molecule has 0 unspecified atom stereocenters. The molecule has 9 nitrogen and oxygen atoms in total. The number of anilines is 1. The summed E-state index contributed by atoms with van der Waals surface area (Å²) >= 11 is 0. The Morgan fingerprint density at radius 2 is 1.92 bits per heavy atom. The van der Waals surface area contributed by atoms with Gasteiger partial charge in [0.1, 0.15) is 10.6 Å². The summed E-state index contributed by atoms with van der Waals surface area (Å²) in [5.41, 5.74) is -0.611. The van der Waals surface area contributed by atoms with Crippen LogP contribution < -0.4 is 4.90 Å². The van der Waals surface area contributed by atoms with Gasteiger partial charge >= 0.3 is 11.9 Å². The Kier molecular flexibility index (Phi) is 4.13. The molecule has 3 rings (SSSR count). The Morgan fingerprint density at radius 1 is 1.23 bits per heavy atom. The first-order valence-electron chi connectivity index (χ1n) is 7.22. The Morgan fingerprint density at radius 3 is 2.50 bits per heavy atom. The lowest BCUT2D eigenvalue weighted by molar-refractivity contribution is -0.387. The van der Waals surface area contributed by atoms with Crippen LogP contribution in [0, 0.1) is 10.1 Å². The van der Waals surface area contributed by atoms with Crippen molar-refractivity contribution in [1.82, 2.24) is 14.8 Å². The summed E-state index contributed by atoms with van der Waals surface area (Å²) in [4.78, 5) is 11.6. The lowest BCUT2D eigenvalue weighted by Crippen LogP contribution is -2.35. The van der Waals surface area contributed by atoms with Crippen molar-refractivity contribution in [2.45, 2.75) is 24.2 Å². The highest BCUT2D eigenvalue weighted by Crippen LogP contribution is 2.37. The number of hydrogen-bond donors (Lipinski definition) is 0. The highest BCUT2D eigenvalue weighted by atomic mass is 32.2. The first kappa shape index (κ1) is 18.1. The first-order chi connectivity index (χ1) is 12.0. The third-order valence-corrected chi connectivity index (χ3v) is 5.04. The van der Waals surface area contributed by atoms with Crippen molar-refractivity contribution in [2.75, 3.05) is 17.7 Å². The maximum Gasteiger partial charge on any atom is 0.451 e. The highest BCUT2D eigenvalue weighted by Gasteiger charge is 2.40. The number of alkyl halides is 3. The molecule has 0 N–H and O–H groups in total. The van der Waals surface area contributed by atoms with Gasteiger partial charge in [-0.15, -0.1) is 10.2 Å². The average molecular weight is 391 g/mol. The second kappa shape index (κ2) is 5.93. The third-order valence-electron chi connectivity index (χ3n) is 3.91. The van der Waals surface area contributed by atoms with E-state index in [4.69, 9.17) is 0 Å². The van der Waals surface area contributed by atoms with Crippen LogP contribution in [0.15, 0.2) is 23.1 Å². The van der Waals surface area contributed by atoms with E-state index in [0.717, 1.165) is 16.9 Å². The fourth-order valence-electron chi connectivity index (χ4n) is 2.82. The van der Waals surface area contributed by atoms with E-state index in [0.29, 0.717) is 0 Å². The molecule has 0 aliphatic carbocycles. The largest absolute Gasteiger partial charge is 0.451 e. The summed E-state index contributed by atoms with van der Waals surface area (Å²) in [7, 11) is -3.87. The molecule has 0 saturated carbocycles. The Bertz CT molecular complexity index is 986. The molecule has 2 heterocycles. The number of sulfone groups is 1. The van der Waals surface area contributed by atoms with Gasteiger partial charge in [0.15, 0.2) is 15.7 Å². The molecule has 1 aliphatic heterocycles. The van der Waals surface area contributed by atoms with Gasteiger partial charge < -0.3 is 9.47 Å². The van der Waals surface area contributed by atoms with Crippen LogP contribution >= 0.6 is 0 Å². The van der Waals surface area contributed by atoms with Gasteiger partial charge in [0.05, 0.1) is 11.5 Å². The molecule has 0 spiro atoms. The Hall–Kier alpha value is -2.70. The monoisotopic (exact) mass is 391 g/mol. The molecule has 0 radical (unpaired) electrons. The number of fused-ring (bicyclic) bond motifs is 1. The number of rotatable bonds is 3. The number of aromatic nitrogens is 3. The summed E-state index contributed by atoms with van der Waals surface area (Å²) in [6, 6.07) is 3.81. The van der Waals surface area contributed by atoms with Gasteiger partial charge in [-0.1, -0.05) is 6.07 Å². The molecule has 1 aromatic carbocycles. The first-order valence-corrected chi connectivity index (χ1v) is 9.11. The lowest BCUT2D eigenvalue weighted by atomic mass is 10.2. The summed E-state index contributed by atoms with van der Waals surface area (Å²) < 4.78 is 63.2. The van der Waals surface area contributed by atoms with E-state index < -0.39 is 37.3 Å². The molecule has 140 valence electrons. The number of nitro benzene ring substituents is 1. The van der Waals surface area contributed by atoms with E-state index >= 15 is 0 Å². The van der Waals surface area contributed by atoms with Crippen LogP contribution in [-0.4, -0.2) is 40.9 Å². The summed E-state index contributed by atoms with van der Waals surface area (Å²) in [5, 5.41) is 18.1. The van der Waals surface area contributed by atoms with Crippen molar-refractivity contribution in [3.05, 3.63) is 40.0 Å². The van der Waals surface area contributed by atoms with Crippen LogP contribution in [0.3, 0.4) is 0 Å². The minimum absolute atomic E-state index is 0.000679. The van der Waals surface area contributed by atoms with Gasteiger partial charge in [0.2, 0.25) is 5.82 Å². The van der Waals surface area contributed by atoms with Crippen LogP contribution in [0.5, 0.6) is 0 Å². The van der Waals surface area contributed by atoms with E-state index in [2.05, 4.69) is 10.2 Å². The quantitative estimate of drug-likeness (QED) is 0.577.